The van der Waals surface area contributed by atoms with Crippen molar-refractivity contribution in [3.05, 3.63) is 59.3 Å². The molecule has 0 atom stereocenters. The number of halogens is 5. The molecule has 26 heavy (non-hydrogen) atoms. The highest BCUT2D eigenvalue weighted by Gasteiger charge is 2.32. The Hall–Kier alpha value is -3.10. The molecule has 0 aliphatic carbocycles. The molecule has 0 fully saturated rings. The fraction of sp³-hybridized carbons (Fsp3) is 0.118. The quantitative estimate of drug-likeness (QED) is 0.466. The van der Waals surface area contributed by atoms with E-state index in [0.29, 0.717) is 23.3 Å². The number of imidazole rings is 1. The Kier molecular flexibility index (Phi) is 3.43. The molecule has 0 bridgehead atoms. The van der Waals surface area contributed by atoms with Crippen LogP contribution in [-0.2, 0) is 6.18 Å². The molecule has 0 saturated heterocycles. The average molecular weight is 364 g/mol. The second-order valence-electron chi connectivity index (χ2n) is 5.71. The number of aromatic nitrogens is 4. The molecule has 0 radical (unpaired) electrons. The van der Waals surface area contributed by atoms with Crippen molar-refractivity contribution in [2.75, 3.05) is 0 Å². The third-order valence-electron chi connectivity index (χ3n) is 3.99. The van der Waals surface area contributed by atoms with Crippen LogP contribution in [0.1, 0.15) is 11.3 Å². The summed E-state index contributed by atoms with van der Waals surface area (Å²) < 4.78 is 68.4. The molecule has 4 rings (SSSR count). The normalized spacial score (nSPS) is 12.2. The highest BCUT2D eigenvalue weighted by molar-refractivity contribution is 5.80. The van der Waals surface area contributed by atoms with Gasteiger partial charge < -0.3 is 0 Å². The van der Waals surface area contributed by atoms with Gasteiger partial charge in [-0.15, -0.1) is 10.2 Å². The molecular weight excluding hydrogens is 355 g/mol. The first-order chi connectivity index (χ1) is 12.3. The Morgan fingerprint density at radius 1 is 0.962 bits per heavy atom. The summed E-state index contributed by atoms with van der Waals surface area (Å²) in [7, 11) is 0. The Morgan fingerprint density at radius 2 is 1.73 bits per heavy atom. The van der Waals surface area contributed by atoms with Crippen LogP contribution < -0.4 is 0 Å². The summed E-state index contributed by atoms with van der Waals surface area (Å²) in [6.07, 6.45) is -4.64. The first-order valence-electron chi connectivity index (χ1n) is 7.44. The van der Waals surface area contributed by atoms with Crippen molar-refractivity contribution >= 4 is 16.7 Å². The van der Waals surface area contributed by atoms with Crippen LogP contribution in [0.2, 0.25) is 0 Å². The van der Waals surface area contributed by atoms with E-state index < -0.39 is 23.4 Å². The predicted molar refractivity (Wildman–Crippen MR) is 83.4 cm³/mol. The zero-order valence-corrected chi connectivity index (χ0v) is 13.1. The Bertz CT molecular complexity index is 1160. The van der Waals surface area contributed by atoms with Crippen LogP contribution in [0.3, 0.4) is 0 Å². The van der Waals surface area contributed by atoms with Crippen LogP contribution in [-0.4, -0.2) is 19.6 Å². The number of hydrogen-bond acceptors (Lipinski definition) is 3. The Balaban J connectivity index is 2.11. The summed E-state index contributed by atoms with van der Waals surface area (Å²) in [6, 6.07) is 5.75. The topological polar surface area (TPSA) is 43.1 Å². The van der Waals surface area contributed by atoms with Gasteiger partial charge in [-0.25, -0.2) is 13.8 Å². The lowest BCUT2D eigenvalue weighted by molar-refractivity contribution is -0.137. The van der Waals surface area contributed by atoms with E-state index in [-0.39, 0.29) is 22.6 Å². The van der Waals surface area contributed by atoms with Gasteiger partial charge in [0.05, 0.1) is 22.3 Å². The van der Waals surface area contributed by atoms with E-state index in [9.17, 15) is 22.0 Å². The SMILES string of the molecule is Cc1nc(-c2cc(C(F)(F)F)ccc2F)n2c1nnc1ccc(F)cc12. The molecule has 2 aromatic heterocycles. The van der Waals surface area contributed by atoms with Crippen molar-refractivity contribution in [3.63, 3.8) is 0 Å². The number of aryl methyl sites for hydroxylation is 1. The fourth-order valence-electron chi connectivity index (χ4n) is 2.78. The van der Waals surface area contributed by atoms with Gasteiger partial charge in [-0.1, -0.05) is 0 Å². The standard InChI is InChI=1S/C17H9F5N4/c1-8-15-25-24-13-5-3-10(18)7-14(13)26(15)16(23-8)11-6-9(17(20,21)22)2-4-12(11)19/h2-7H,1H3. The van der Waals surface area contributed by atoms with Crippen molar-refractivity contribution in [3.8, 4) is 11.4 Å². The number of fused-ring (bicyclic) bond motifs is 3. The average Bonchev–Trinajstić information content (AvgIpc) is 2.91. The molecule has 0 aliphatic heterocycles. The number of alkyl halides is 3. The van der Waals surface area contributed by atoms with Gasteiger partial charge in [-0.05, 0) is 37.3 Å². The van der Waals surface area contributed by atoms with Gasteiger partial charge >= 0.3 is 6.18 Å². The third-order valence-corrected chi connectivity index (χ3v) is 3.99. The largest absolute Gasteiger partial charge is 0.416 e. The lowest BCUT2D eigenvalue weighted by Crippen LogP contribution is -2.06. The first kappa shape index (κ1) is 16.4. The summed E-state index contributed by atoms with van der Waals surface area (Å²) in [5, 5.41) is 7.92. The number of rotatable bonds is 1. The highest BCUT2D eigenvalue weighted by Crippen LogP contribution is 2.34. The third kappa shape index (κ3) is 2.47. The van der Waals surface area contributed by atoms with Gasteiger partial charge in [0.2, 0.25) is 0 Å². The molecule has 9 heteroatoms. The monoisotopic (exact) mass is 364 g/mol. The highest BCUT2D eigenvalue weighted by atomic mass is 19.4. The minimum Gasteiger partial charge on any atom is -0.273 e. The van der Waals surface area contributed by atoms with Gasteiger partial charge in [-0.3, -0.25) is 4.40 Å². The summed E-state index contributed by atoms with van der Waals surface area (Å²) in [4.78, 5) is 4.15. The van der Waals surface area contributed by atoms with Gasteiger partial charge in [0, 0.05) is 6.07 Å². The van der Waals surface area contributed by atoms with E-state index in [4.69, 9.17) is 0 Å². The molecule has 0 aliphatic rings. The lowest BCUT2D eigenvalue weighted by atomic mass is 10.1. The van der Waals surface area contributed by atoms with Gasteiger partial charge in [-0.2, -0.15) is 13.2 Å². The molecule has 0 N–H and O–H groups in total. The Labute approximate surface area is 142 Å². The maximum atomic E-state index is 14.3. The van der Waals surface area contributed by atoms with Crippen molar-refractivity contribution in [1.29, 1.82) is 0 Å². The molecule has 0 amide bonds. The van der Waals surface area contributed by atoms with Gasteiger partial charge in [0.15, 0.2) is 5.65 Å². The van der Waals surface area contributed by atoms with E-state index in [1.54, 1.807) is 6.92 Å². The maximum Gasteiger partial charge on any atom is 0.416 e. The van der Waals surface area contributed by atoms with Crippen LogP contribution in [0, 0.1) is 18.6 Å². The van der Waals surface area contributed by atoms with E-state index in [1.165, 1.54) is 16.5 Å². The minimum absolute atomic E-state index is 0.105. The molecule has 0 saturated carbocycles. The summed E-state index contributed by atoms with van der Waals surface area (Å²) in [5.41, 5.74) is -0.319. The molecule has 4 nitrogen and oxygen atoms in total. The smallest absolute Gasteiger partial charge is 0.273 e. The van der Waals surface area contributed by atoms with E-state index in [2.05, 4.69) is 15.2 Å². The van der Waals surface area contributed by atoms with Crippen molar-refractivity contribution in [1.82, 2.24) is 19.6 Å². The summed E-state index contributed by atoms with van der Waals surface area (Å²) >= 11 is 0. The van der Waals surface area contributed by atoms with E-state index in [1.807, 2.05) is 0 Å². The van der Waals surface area contributed by atoms with E-state index >= 15 is 0 Å². The summed E-state index contributed by atoms with van der Waals surface area (Å²) in [5.74, 6) is -1.56. The maximum absolute atomic E-state index is 14.3. The molecule has 0 unspecified atom stereocenters. The molecule has 2 heterocycles. The van der Waals surface area contributed by atoms with Crippen molar-refractivity contribution < 1.29 is 22.0 Å². The number of hydrogen-bond donors (Lipinski definition) is 0. The first-order valence-corrected chi connectivity index (χ1v) is 7.44. The molecule has 4 aromatic rings. The van der Waals surface area contributed by atoms with Crippen LogP contribution in [0.5, 0.6) is 0 Å². The molecule has 2 aromatic carbocycles. The second kappa shape index (κ2) is 5.45. The van der Waals surface area contributed by atoms with E-state index in [0.717, 1.165) is 12.1 Å². The van der Waals surface area contributed by atoms with Gasteiger partial charge in [0.25, 0.3) is 0 Å². The lowest BCUT2D eigenvalue weighted by Gasteiger charge is -2.10. The van der Waals surface area contributed by atoms with Crippen molar-refractivity contribution in [2.24, 2.45) is 0 Å². The van der Waals surface area contributed by atoms with Crippen LogP contribution in [0.25, 0.3) is 28.1 Å². The zero-order chi connectivity index (χ0) is 18.6. The summed E-state index contributed by atoms with van der Waals surface area (Å²) in [6.45, 7) is 1.56. The minimum atomic E-state index is -4.64. The predicted octanol–water partition coefficient (Wildman–Crippen LogP) is 4.55. The second-order valence-corrected chi connectivity index (χ2v) is 5.71. The number of benzene rings is 2. The molecule has 0 spiro atoms. The fourth-order valence-corrected chi connectivity index (χ4v) is 2.78. The van der Waals surface area contributed by atoms with Crippen LogP contribution >= 0.6 is 0 Å². The van der Waals surface area contributed by atoms with Crippen molar-refractivity contribution in [2.45, 2.75) is 13.1 Å². The zero-order valence-electron chi connectivity index (χ0n) is 13.1. The van der Waals surface area contributed by atoms with Crippen LogP contribution in [0.4, 0.5) is 22.0 Å². The van der Waals surface area contributed by atoms with Gasteiger partial charge in [0.1, 0.15) is 23.0 Å². The molecular formula is C17H9F5N4. The van der Waals surface area contributed by atoms with Crippen LogP contribution in [0.15, 0.2) is 36.4 Å². The Morgan fingerprint density at radius 3 is 2.46 bits per heavy atom. The number of nitrogens with zero attached hydrogens (tertiary/aromatic N) is 4. The molecule has 132 valence electrons.